The van der Waals surface area contributed by atoms with Gasteiger partial charge in [0.05, 0.1) is 32.9 Å². The van der Waals surface area contributed by atoms with Crippen molar-refractivity contribution in [3.8, 4) is 11.5 Å². The Balaban J connectivity index is 1.92. The Morgan fingerprint density at radius 1 is 1.07 bits per heavy atom. The van der Waals surface area contributed by atoms with Gasteiger partial charge in [0, 0.05) is 12.3 Å². The van der Waals surface area contributed by atoms with E-state index < -0.39 is 5.60 Å². The van der Waals surface area contributed by atoms with Gasteiger partial charge in [0.2, 0.25) is 5.91 Å². The summed E-state index contributed by atoms with van der Waals surface area (Å²) in [5, 5.41) is 0. The standard InChI is InChI=1S/C24H29NO5/c1-24(2,3)30-22(27)14-17-13-21(26)25(15-16-9-11-18(28-4)12-10-16)23-19(17)7-6-8-20(23)29-5/h6-12,17H,13-15H2,1-5H3/t17-/m1/s1. The molecule has 2 aromatic carbocycles. The van der Waals surface area contributed by atoms with Crippen molar-refractivity contribution in [2.45, 2.75) is 51.7 Å². The van der Waals surface area contributed by atoms with Crippen molar-refractivity contribution in [2.24, 2.45) is 0 Å². The van der Waals surface area contributed by atoms with Crippen LogP contribution in [-0.2, 0) is 20.9 Å². The first-order chi connectivity index (χ1) is 14.2. The SMILES string of the molecule is COc1ccc(CN2C(=O)C[C@H](CC(=O)OC(C)(C)C)c3cccc(OC)c32)cc1. The number of ether oxygens (including phenoxy) is 3. The summed E-state index contributed by atoms with van der Waals surface area (Å²) >= 11 is 0. The molecule has 6 heteroatoms. The second-order valence-corrected chi connectivity index (χ2v) is 8.42. The Morgan fingerprint density at radius 2 is 1.77 bits per heavy atom. The first-order valence-corrected chi connectivity index (χ1v) is 10.0. The molecule has 0 aliphatic carbocycles. The second-order valence-electron chi connectivity index (χ2n) is 8.42. The Morgan fingerprint density at radius 3 is 2.37 bits per heavy atom. The zero-order valence-corrected chi connectivity index (χ0v) is 18.2. The van der Waals surface area contributed by atoms with Crippen LogP contribution in [0.1, 0.15) is 50.7 Å². The van der Waals surface area contributed by atoms with E-state index in [9.17, 15) is 9.59 Å². The molecule has 1 heterocycles. The molecule has 0 N–H and O–H groups in total. The third-order valence-electron chi connectivity index (χ3n) is 5.01. The first kappa shape index (κ1) is 21.7. The zero-order chi connectivity index (χ0) is 21.9. The largest absolute Gasteiger partial charge is 0.497 e. The highest BCUT2D eigenvalue weighted by Crippen LogP contribution is 2.44. The first-order valence-electron chi connectivity index (χ1n) is 10.0. The number of hydrogen-bond acceptors (Lipinski definition) is 5. The van der Waals surface area contributed by atoms with Crippen LogP contribution in [0.15, 0.2) is 42.5 Å². The van der Waals surface area contributed by atoms with Crippen LogP contribution in [0.3, 0.4) is 0 Å². The number of rotatable bonds is 6. The molecule has 0 spiro atoms. The number of carbonyl (C=O) groups excluding carboxylic acids is 2. The summed E-state index contributed by atoms with van der Waals surface area (Å²) < 4.78 is 16.3. The van der Waals surface area contributed by atoms with Gasteiger partial charge in [-0.25, -0.2) is 0 Å². The lowest BCUT2D eigenvalue weighted by atomic mass is 9.86. The maximum Gasteiger partial charge on any atom is 0.306 e. The molecule has 0 unspecified atom stereocenters. The maximum absolute atomic E-state index is 13.1. The van der Waals surface area contributed by atoms with E-state index >= 15 is 0 Å². The van der Waals surface area contributed by atoms with E-state index in [0.717, 1.165) is 22.6 Å². The number of hydrogen-bond donors (Lipinski definition) is 0. The molecule has 1 atom stereocenters. The molecule has 1 aliphatic rings. The van der Waals surface area contributed by atoms with Crippen molar-refractivity contribution in [3.63, 3.8) is 0 Å². The molecule has 1 aliphatic heterocycles. The number of nitrogens with zero attached hydrogens (tertiary/aromatic N) is 1. The molecule has 0 aromatic heterocycles. The number of methoxy groups -OCH3 is 2. The smallest absolute Gasteiger partial charge is 0.306 e. The summed E-state index contributed by atoms with van der Waals surface area (Å²) in [6.07, 6.45) is 0.398. The van der Waals surface area contributed by atoms with E-state index in [2.05, 4.69) is 0 Å². The van der Waals surface area contributed by atoms with Crippen LogP contribution >= 0.6 is 0 Å². The van der Waals surface area contributed by atoms with E-state index in [-0.39, 0.29) is 30.6 Å². The van der Waals surface area contributed by atoms with Crippen molar-refractivity contribution < 1.29 is 23.8 Å². The number of carbonyl (C=O) groups is 2. The minimum atomic E-state index is -0.562. The summed E-state index contributed by atoms with van der Waals surface area (Å²) in [6.45, 7) is 5.93. The van der Waals surface area contributed by atoms with E-state index in [1.54, 1.807) is 19.1 Å². The third kappa shape index (κ3) is 4.93. The van der Waals surface area contributed by atoms with Crippen molar-refractivity contribution in [3.05, 3.63) is 53.6 Å². The summed E-state index contributed by atoms with van der Waals surface area (Å²) in [6, 6.07) is 13.3. The van der Waals surface area contributed by atoms with Crippen molar-refractivity contribution >= 4 is 17.6 Å². The minimum Gasteiger partial charge on any atom is -0.497 e. The van der Waals surface area contributed by atoms with Crippen LogP contribution in [0.4, 0.5) is 5.69 Å². The highest BCUT2D eigenvalue weighted by molar-refractivity contribution is 5.99. The highest BCUT2D eigenvalue weighted by atomic mass is 16.6. The molecule has 0 fully saturated rings. The fourth-order valence-corrected chi connectivity index (χ4v) is 3.73. The van der Waals surface area contributed by atoms with Crippen molar-refractivity contribution in [2.75, 3.05) is 19.1 Å². The number of fused-ring (bicyclic) bond motifs is 1. The van der Waals surface area contributed by atoms with Crippen LogP contribution in [0.2, 0.25) is 0 Å². The van der Waals surface area contributed by atoms with Gasteiger partial charge in [-0.05, 0) is 50.1 Å². The number of benzene rings is 2. The fraction of sp³-hybridized carbons (Fsp3) is 0.417. The molecule has 6 nitrogen and oxygen atoms in total. The van der Waals surface area contributed by atoms with Gasteiger partial charge in [-0.1, -0.05) is 24.3 Å². The summed E-state index contributed by atoms with van der Waals surface area (Å²) in [5.74, 6) is 0.779. The Kier molecular flexibility index (Phi) is 6.34. The quantitative estimate of drug-likeness (QED) is 0.657. The highest BCUT2D eigenvalue weighted by Gasteiger charge is 2.35. The van der Waals surface area contributed by atoms with Gasteiger partial charge < -0.3 is 19.1 Å². The monoisotopic (exact) mass is 411 g/mol. The normalized spacial score (nSPS) is 16.1. The van der Waals surface area contributed by atoms with Gasteiger partial charge in [-0.2, -0.15) is 0 Å². The van der Waals surface area contributed by atoms with Crippen molar-refractivity contribution in [1.29, 1.82) is 0 Å². The topological polar surface area (TPSA) is 65.1 Å². The molecule has 0 radical (unpaired) electrons. The van der Waals surface area contributed by atoms with Crippen molar-refractivity contribution in [1.82, 2.24) is 0 Å². The molecule has 30 heavy (non-hydrogen) atoms. The van der Waals surface area contributed by atoms with Crippen LogP contribution in [0, 0.1) is 0 Å². The van der Waals surface area contributed by atoms with E-state index in [1.807, 2.05) is 63.2 Å². The molecule has 1 amide bonds. The predicted molar refractivity (Wildman–Crippen MR) is 115 cm³/mol. The molecular formula is C24H29NO5. The average Bonchev–Trinajstić information content (AvgIpc) is 2.69. The maximum atomic E-state index is 13.1. The van der Waals surface area contributed by atoms with E-state index in [4.69, 9.17) is 14.2 Å². The van der Waals surface area contributed by atoms with Crippen LogP contribution in [0.5, 0.6) is 11.5 Å². The molecule has 0 bridgehead atoms. The number of para-hydroxylation sites is 1. The molecule has 0 saturated carbocycles. The van der Waals surface area contributed by atoms with Crippen LogP contribution < -0.4 is 14.4 Å². The second kappa shape index (κ2) is 8.78. The molecule has 0 saturated heterocycles. The van der Waals surface area contributed by atoms with E-state index in [0.29, 0.717) is 12.3 Å². The fourth-order valence-electron chi connectivity index (χ4n) is 3.73. The van der Waals surface area contributed by atoms with Gasteiger partial charge >= 0.3 is 5.97 Å². The van der Waals surface area contributed by atoms with Gasteiger partial charge in [0.15, 0.2) is 0 Å². The Hall–Kier alpha value is -3.02. The van der Waals surface area contributed by atoms with Gasteiger partial charge in [0.1, 0.15) is 17.1 Å². The summed E-state index contributed by atoms with van der Waals surface area (Å²) in [5.41, 5.74) is 2.06. The zero-order valence-electron chi connectivity index (χ0n) is 18.2. The lowest BCUT2D eigenvalue weighted by molar-refractivity contribution is -0.155. The lowest BCUT2D eigenvalue weighted by Crippen LogP contribution is -2.37. The molecule has 2 aromatic rings. The Bertz CT molecular complexity index is 914. The van der Waals surface area contributed by atoms with E-state index in [1.165, 1.54) is 0 Å². The molecule has 160 valence electrons. The summed E-state index contributed by atoms with van der Waals surface area (Å²) in [4.78, 5) is 27.3. The summed E-state index contributed by atoms with van der Waals surface area (Å²) in [7, 11) is 3.21. The van der Waals surface area contributed by atoms with Gasteiger partial charge in [-0.3, -0.25) is 9.59 Å². The average molecular weight is 411 g/mol. The number of esters is 1. The number of anilines is 1. The molecular weight excluding hydrogens is 382 g/mol. The van der Waals surface area contributed by atoms with Gasteiger partial charge in [-0.15, -0.1) is 0 Å². The third-order valence-corrected chi connectivity index (χ3v) is 5.01. The Labute approximate surface area is 177 Å². The minimum absolute atomic E-state index is 0.0450. The van der Waals surface area contributed by atoms with Crippen LogP contribution in [0.25, 0.3) is 0 Å². The number of amides is 1. The molecule has 3 rings (SSSR count). The van der Waals surface area contributed by atoms with Crippen LogP contribution in [-0.4, -0.2) is 31.7 Å². The van der Waals surface area contributed by atoms with Gasteiger partial charge in [0.25, 0.3) is 0 Å². The lowest BCUT2D eigenvalue weighted by Gasteiger charge is -2.35. The predicted octanol–water partition coefficient (Wildman–Crippen LogP) is 4.46.